The van der Waals surface area contributed by atoms with Crippen molar-refractivity contribution in [3.63, 3.8) is 0 Å². The minimum absolute atomic E-state index is 0.0253. The van der Waals surface area contributed by atoms with Crippen LogP contribution in [-0.4, -0.2) is 43.0 Å². The highest BCUT2D eigenvalue weighted by Crippen LogP contribution is 2.32. The van der Waals surface area contributed by atoms with Crippen LogP contribution < -0.4 is 10.0 Å². The van der Waals surface area contributed by atoms with Gasteiger partial charge in [0.2, 0.25) is 5.91 Å². The number of carboxylic acids is 1. The van der Waals surface area contributed by atoms with E-state index in [9.17, 15) is 14.7 Å². The Bertz CT molecular complexity index is 614. The fourth-order valence-electron chi connectivity index (χ4n) is 3.82. The van der Waals surface area contributed by atoms with E-state index in [1.807, 2.05) is 24.3 Å². The molecular weight excluding hydrogens is 328 g/mol. The average Bonchev–Trinajstić information content (AvgIpc) is 2.62. The highest BCUT2D eigenvalue weighted by Gasteiger charge is 2.35. The van der Waals surface area contributed by atoms with E-state index in [2.05, 4.69) is 4.90 Å². The molecule has 6 heteroatoms. The number of carboxylic acid groups (broad SMARTS) is 1. The van der Waals surface area contributed by atoms with E-state index in [1.54, 1.807) is 4.90 Å². The molecule has 1 aliphatic carbocycles. The smallest absolute Gasteiger partial charge is 0.226 e. The molecule has 1 aliphatic heterocycles. The zero-order valence-electron chi connectivity index (χ0n) is 13.6. The van der Waals surface area contributed by atoms with Crippen LogP contribution in [0, 0.1) is 11.8 Å². The summed E-state index contributed by atoms with van der Waals surface area (Å²) in [6, 6.07) is 7.69. The van der Waals surface area contributed by atoms with Gasteiger partial charge in [0.1, 0.15) is 0 Å². The number of hydrogen-bond acceptors (Lipinski definition) is 4. The number of piperazine rings is 1. The predicted octanol–water partition coefficient (Wildman–Crippen LogP) is 1.54. The van der Waals surface area contributed by atoms with E-state index >= 15 is 0 Å². The molecule has 1 aromatic carbocycles. The SMILES string of the molecule is O=C([O-])[C@@H]1CCCC[C@@H]1C(=O)N1CCN(c2ccccc2Cl)CC1. The Kier molecular flexibility index (Phi) is 5.29. The summed E-state index contributed by atoms with van der Waals surface area (Å²) in [5, 5.41) is 12.0. The van der Waals surface area contributed by atoms with Crippen molar-refractivity contribution in [3.8, 4) is 0 Å². The summed E-state index contributed by atoms with van der Waals surface area (Å²) in [6.45, 7) is 2.61. The van der Waals surface area contributed by atoms with Crippen molar-refractivity contribution in [2.24, 2.45) is 11.8 Å². The maximum absolute atomic E-state index is 12.8. The minimum atomic E-state index is -1.08. The van der Waals surface area contributed by atoms with Gasteiger partial charge in [0.25, 0.3) is 0 Å². The van der Waals surface area contributed by atoms with E-state index in [4.69, 9.17) is 11.6 Å². The van der Waals surface area contributed by atoms with Gasteiger partial charge >= 0.3 is 0 Å². The van der Waals surface area contributed by atoms with Crippen molar-refractivity contribution in [2.45, 2.75) is 25.7 Å². The number of rotatable bonds is 3. The van der Waals surface area contributed by atoms with E-state index in [0.717, 1.165) is 18.5 Å². The van der Waals surface area contributed by atoms with Crippen LogP contribution in [0.5, 0.6) is 0 Å². The molecule has 1 saturated heterocycles. The van der Waals surface area contributed by atoms with Crippen LogP contribution in [0.25, 0.3) is 0 Å². The number of hydrogen-bond donors (Lipinski definition) is 0. The summed E-state index contributed by atoms with van der Waals surface area (Å²) in [5.41, 5.74) is 0.983. The molecule has 24 heavy (non-hydrogen) atoms. The maximum Gasteiger partial charge on any atom is 0.226 e. The number of benzene rings is 1. The second-order valence-corrected chi connectivity index (χ2v) is 6.99. The summed E-state index contributed by atoms with van der Waals surface area (Å²) in [5.74, 6) is -2.16. The maximum atomic E-state index is 12.8. The van der Waals surface area contributed by atoms with Crippen molar-refractivity contribution in [1.29, 1.82) is 0 Å². The Morgan fingerprint density at radius 1 is 1.00 bits per heavy atom. The first-order chi connectivity index (χ1) is 11.6. The van der Waals surface area contributed by atoms with Gasteiger partial charge in [-0.15, -0.1) is 0 Å². The van der Waals surface area contributed by atoms with Gasteiger partial charge < -0.3 is 19.7 Å². The van der Waals surface area contributed by atoms with E-state index in [-0.39, 0.29) is 5.91 Å². The van der Waals surface area contributed by atoms with E-state index in [0.29, 0.717) is 44.0 Å². The molecule has 1 aromatic rings. The van der Waals surface area contributed by atoms with Crippen molar-refractivity contribution in [2.75, 3.05) is 31.1 Å². The molecule has 0 unspecified atom stereocenters. The fourth-order valence-corrected chi connectivity index (χ4v) is 4.07. The molecule has 0 bridgehead atoms. The third-order valence-corrected chi connectivity index (χ3v) is 5.49. The van der Waals surface area contributed by atoms with Gasteiger partial charge in [0.15, 0.2) is 0 Å². The number of aliphatic carboxylic acids is 1. The molecule has 2 atom stereocenters. The summed E-state index contributed by atoms with van der Waals surface area (Å²) in [7, 11) is 0. The van der Waals surface area contributed by atoms with Crippen molar-refractivity contribution >= 4 is 29.2 Å². The van der Waals surface area contributed by atoms with Crippen molar-refractivity contribution < 1.29 is 14.7 Å². The lowest BCUT2D eigenvalue weighted by molar-refractivity contribution is -0.314. The number of carbonyl (C=O) groups is 2. The fraction of sp³-hybridized carbons (Fsp3) is 0.556. The monoisotopic (exact) mass is 349 g/mol. The van der Waals surface area contributed by atoms with Crippen LogP contribution in [-0.2, 0) is 9.59 Å². The van der Waals surface area contributed by atoms with Gasteiger partial charge in [-0.05, 0) is 25.0 Å². The summed E-state index contributed by atoms with van der Waals surface area (Å²) >= 11 is 6.24. The van der Waals surface area contributed by atoms with E-state index in [1.165, 1.54) is 0 Å². The predicted molar refractivity (Wildman–Crippen MR) is 90.7 cm³/mol. The first-order valence-electron chi connectivity index (χ1n) is 8.57. The average molecular weight is 350 g/mol. The molecule has 130 valence electrons. The molecule has 0 spiro atoms. The van der Waals surface area contributed by atoms with Gasteiger partial charge in [0.05, 0.1) is 10.7 Å². The van der Waals surface area contributed by atoms with Crippen LogP contribution in [0.2, 0.25) is 5.02 Å². The first kappa shape index (κ1) is 17.1. The molecule has 2 fully saturated rings. The second-order valence-electron chi connectivity index (χ2n) is 6.58. The lowest BCUT2D eigenvalue weighted by Gasteiger charge is -2.40. The molecule has 1 amide bonds. The molecule has 2 aliphatic rings. The topological polar surface area (TPSA) is 63.7 Å². The van der Waals surface area contributed by atoms with Crippen molar-refractivity contribution in [3.05, 3.63) is 29.3 Å². The van der Waals surface area contributed by atoms with Crippen LogP contribution in [0.3, 0.4) is 0 Å². The molecule has 0 aromatic heterocycles. The van der Waals surface area contributed by atoms with Gasteiger partial charge in [0, 0.05) is 44.0 Å². The summed E-state index contributed by atoms with van der Waals surface area (Å²) < 4.78 is 0. The molecule has 3 rings (SSSR count). The zero-order chi connectivity index (χ0) is 17.1. The molecule has 0 radical (unpaired) electrons. The largest absolute Gasteiger partial charge is 0.550 e. The normalized spacial score (nSPS) is 24.7. The molecule has 1 saturated carbocycles. The zero-order valence-corrected chi connectivity index (χ0v) is 14.4. The molecular formula is C18H22ClN2O3-. The number of anilines is 1. The number of halogens is 1. The minimum Gasteiger partial charge on any atom is -0.550 e. The third-order valence-electron chi connectivity index (χ3n) is 5.17. The number of amides is 1. The number of carbonyl (C=O) groups excluding carboxylic acids is 2. The van der Waals surface area contributed by atoms with Gasteiger partial charge in [-0.3, -0.25) is 4.79 Å². The van der Waals surface area contributed by atoms with Gasteiger partial charge in [-0.1, -0.05) is 36.6 Å². The summed E-state index contributed by atoms with van der Waals surface area (Å²) in [4.78, 5) is 28.1. The number of para-hydroxylation sites is 1. The Balaban J connectivity index is 1.62. The highest BCUT2D eigenvalue weighted by atomic mass is 35.5. The van der Waals surface area contributed by atoms with Crippen LogP contribution in [0.1, 0.15) is 25.7 Å². The van der Waals surface area contributed by atoms with E-state index < -0.39 is 17.8 Å². The van der Waals surface area contributed by atoms with Crippen LogP contribution >= 0.6 is 11.6 Å². The van der Waals surface area contributed by atoms with Crippen LogP contribution in [0.4, 0.5) is 5.69 Å². The van der Waals surface area contributed by atoms with Crippen molar-refractivity contribution in [1.82, 2.24) is 4.90 Å². The standard InChI is InChI=1S/C18H23ClN2O3/c19-15-7-3-4-8-16(15)20-9-11-21(12-10-20)17(22)13-5-1-2-6-14(13)18(23)24/h3-4,7-8,13-14H,1-2,5-6,9-12H2,(H,23,24)/p-1/t13-,14+/m0/s1. The highest BCUT2D eigenvalue weighted by molar-refractivity contribution is 6.33. The quantitative estimate of drug-likeness (QED) is 0.830. The Labute approximate surface area is 147 Å². The molecule has 0 N–H and O–H groups in total. The summed E-state index contributed by atoms with van der Waals surface area (Å²) in [6.07, 6.45) is 2.99. The van der Waals surface area contributed by atoms with Gasteiger partial charge in [-0.25, -0.2) is 0 Å². The first-order valence-corrected chi connectivity index (χ1v) is 8.95. The van der Waals surface area contributed by atoms with Crippen LogP contribution in [0.15, 0.2) is 24.3 Å². The second kappa shape index (κ2) is 7.43. The Hall–Kier alpha value is -1.75. The lowest BCUT2D eigenvalue weighted by Crippen LogP contribution is -2.53. The Morgan fingerprint density at radius 2 is 1.62 bits per heavy atom. The lowest BCUT2D eigenvalue weighted by atomic mass is 9.78. The van der Waals surface area contributed by atoms with Gasteiger partial charge in [-0.2, -0.15) is 0 Å². The molecule has 5 nitrogen and oxygen atoms in total. The third kappa shape index (κ3) is 3.51. The Morgan fingerprint density at radius 3 is 2.25 bits per heavy atom. The molecule has 1 heterocycles. The number of nitrogens with zero attached hydrogens (tertiary/aromatic N) is 2.